The smallest absolute Gasteiger partial charge is 0.257 e. The van der Waals surface area contributed by atoms with E-state index in [0.29, 0.717) is 43.3 Å². The molecule has 3 heterocycles. The molecule has 1 aliphatic rings. The van der Waals surface area contributed by atoms with E-state index >= 15 is 0 Å². The summed E-state index contributed by atoms with van der Waals surface area (Å²) in [4.78, 5) is 21.1. The second-order valence-electron chi connectivity index (χ2n) is 7.10. The molecule has 0 spiro atoms. The molecule has 0 unspecified atom stereocenters. The number of aromatic nitrogens is 3. The molecule has 0 bridgehead atoms. The number of amides is 1. The molecule has 0 saturated carbocycles. The molecular formula is C22H24N6O2. The van der Waals surface area contributed by atoms with Crippen molar-refractivity contribution in [3.05, 3.63) is 65.9 Å². The van der Waals surface area contributed by atoms with Crippen molar-refractivity contribution in [1.82, 2.24) is 20.1 Å². The van der Waals surface area contributed by atoms with Crippen molar-refractivity contribution in [2.45, 2.75) is 6.92 Å². The molecule has 1 fully saturated rings. The van der Waals surface area contributed by atoms with Gasteiger partial charge in [-0.1, -0.05) is 12.1 Å². The van der Waals surface area contributed by atoms with E-state index in [1.165, 1.54) is 0 Å². The summed E-state index contributed by atoms with van der Waals surface area (Å²) in [5.41, 5.74) is 1.71. The molecule has 8 nitrogen and oxygen atoms in total. The summed E-state index contributed by atoms with van der Waals surface area (Å²) >= 11 is 0. The molecule has 3 aromatic rings. The summed E-state index contributed by atoms with van der Waals surface area (Å²) in [6.45, 7) is 4.64. The van der Waals surface area contributed by atoms with Crippen LogP contribution in [0.1, 0.15) is 15.9 Å². The SMILES string of the molecule is COc1ccccc1C(=O)N1CCN(c2ccc(Nc3cc(C)ccn3)nn2)CC1. The number of para-hydroxylation sites is 1. The lowest BCUT2D eigenvalue weighted by molar-refractivity contribution is 0.0743. The molecular weight excluding hydrogens is 380 g/mol. The van der Waals surface area contributed by atoms with Crippen LogP contribution in [0.2, 0.25) is 0 Å². The summed E-state index contributed by atoms with van der Waals surface area (Å²) < 4.78 is 5.32. The Morgan fingerprint density at radius 3 is 2.50 bits per heavy atom. The first-order chi connectivity index (χ1) is 14.6. The number of methoxy groups -OCH3 is 1. The zero-order valence-electron chi connectivity index (χ0n) is 17.1. The van der Waals surface area contributed by atoms with Crippen LogP contribution in [0.5, 0.6) is 5.75 Å². The van der Waals surface area contributed by atoms with E-state index < -0.39 is 0 Å². The number of hydrogen-bond acceptors (Lipinski definition) is 7. The van der Waals surface area contributed by atoms with Gasteiger partial charge in [-0.25, -0.2) is 4.98 Å². The predicted molar refractivity (Wildman–Crippen MR) is 115 cm³/mol. The molecule has 1 N–H and O–H groups in total. The molecule has 1 aliphatic heterocycles. The number of pyridine rings is 1. The number of carbonyl (C=O) groups excluding carboxylic acids is 1. The van der Waals surface area contributed by atoms with Gasteiger partial charge in [0.25, 0.3) is 5.91 Å². The summed E-state index contributed by atoms with van der Waals surface area (Å²) in [5, 5.41) is 11.8. The van der Waals surface area contributed by atoms with Crippen LogP contribution in [0.3, 0.4) is 0 Å². The van der Waals surface area contributed by atoms with E-state index in [2.05, 4.69) is 25.4 Å². The van der Waals surface area contributed by atoms with Gasteiger partial charge in [0.15, 0.2) is 11.6 Å². The van der Waals surface area contributed by atoms with E-state index in [1.807, 2.05) is 48.2 Å². The minimum absolute atomic E-state index is 0.0108. The third-order valence-electron chi connectivity index (χ3n) is 5.05. The van der Waals surface area contributed by atoms with Crippen LogP contribution in [0, 0.1) is 6.92 Å². The third-order valence-corrected chi connectivity index (χ3v) is 5.05. The molecule has 154 valence electrons. The van der Waals surface area contributed by atoms with Gasteiger partial charge in [0.1, 0.15) is 11.6 Å². The van der Waals surface area contributed by atoms with Crippen molar-refractivity contribution in [3.8, 4) is 5.75 Å². The Labute approximate surface area is 175 Å². The van der Waals surface area contributed by atoms with E-state index in [9.17, 15) is 4.79 Å². The lowest BCUT2D eigenvalue weighted by Crippen LogP contribution is -2.49. The van der Waals surface area contributed by atoms with Gasteiger partial charge >= 0.3 is 0 Å². The number of carbonyl (C=O) groups is 1. The van der Waals surface area contributed by atoms with Crippen LogP contribution in [0.15, 0.2) is 54.7 Å². The van der Waals surface area contributed by atoms with Gasteiger partial charge in [-0.15, -0.1) is 10.2 Å². The Morgan fingerprint density at radius 1 is 1.00 bits per heavy atom. The van der Waals surface area contributed by atoms with Gasteiger partial charge < -0.3 is 19.9 Å². The summed E-state index contributed by atoms with van der Waals surface area (Å²) in [6, 6.07) is 15.0. The highest BCUT2D eigenvalue weighted by atomic mass is 16.5. The Bertz CT molecular complexity index is 1020. The van der Waals surface area contributed by atoms with Gasteiger partial charge in [-0.05, 0) is 48.9 Å². The first-order valence-electron chi connectivity index (χ1n) is 9.85. The van der Waals surface area contributed by atoms with Crippen LogP contribution < -0.4 is 15.0 Å². The number of nitrogens with one attached hydrogen (secondary N) is 1. The molecule has 4 rings (SSSR count). The van der Waals surface area contributed by atoms with Crippen molar-refractivity contribution >= 4 is 23.4 Å². The highest BCUT2D eigenvalue weighted by Gasteiger charge is 2.24. The minimum atomic E-state index is -0.0108. The molecule has 0 aliphatic carbocycles. The maximum Gasteiger partial charge on any atom is 0.257 e. The van der Waals surface area contributed by atoms with Gasteiger partial charge in [0.05, 0.1) is 12.7 Å². The number of hydrogen-bond donors (Lipinski definition) is 1. The second-order valence-corrected chi connectivity index (χ2v) is 7.10. The lowest BCUT2D eigenvalue weighted by Gasteiger charge is -2.35. The average Bonchev–Trinajstić information content (AvgIpc) is 2.79. The number of aryl methyl sites for hydroxylation is 1. The molecule has 8 heteroatoms. The van der Waals surface area contributed by atoms with Gasteiger partial charge in [-0.3, -0.25) is 4.79 Å². The average molecular weight is 404 g/mol. The monoisotopic (exact) mass is 404 g/mol. The molecule has 0 radical (unpaired) electrons. The second kappa shape index (κ2) is 8.77. The Balaban J connectivity index is 1.36. The number of ether oxygens (including phenoxy) is 1. The molecule has 1 amide bonds. The van der Waals surface area contributed by atoms with Crippen LogP contribution in [-0.4, -0.2) is 59.3 Å². The predicted octanol–water partition coefficient (Wildman–Crippen LogP) is 2.89. The van der Waals surface area contributed by atoms with Crippen LogP contribution >= 0.6 is 0 Å². The molecule has 1 saturated heterocycles. The highest BCUT2D eigenvalue weighted by Crippen LogP contribution is 2.21. The van der Waals surface area contributed by atoms with Gasteiger partial charge in [0, 0.05) is 32.4 Å². The number of nitrogens with zero attached hydrogens (tertiary/aromatic N) is 5. The van der Waals surface area contributed by atoms with Gasteiger partial charge in [0.2, 0.25) is 0 Å². The molecule has 1 aromatic carbocycles. The number of anilines is 3. The van der Waals surface area contributed by atoms with E-state index in [0.717, 1.165) is 17.2 Å². The quantitative estimate of drug-likeness (QED) is 0.700. The maximum atomic E-state index is 12.9. The van der Waals surface area contributed by atoms with Crippen LogP contribution in [-0.2, 0) is 0 Å². The number of rotatable bonds is 5. The molecule has 0 atom stereocenters. The first-order valence-corrected chi connectivity index (χ1v) is 9.85. The summed E-state index contributed by atoms with van der Waals surface area (Å²) in [6.07, 6.45) is 1.76. The van der Waals surface area contributed by atoms with Crippen molar-refractivity contribution in [2.24, 2.45) is 0 Å². The van der Waals surface area contributed by atoms with E-state index in [4.69, 9.17) is 4.74 Å². The molecule has 30 heavy (non-hydrogen) atoms. The molecule has 2 aromatic heterocycles. The minimum Gasteiger partial charge on any atom is -0.496 e. The zero-order valence-corrected chi connectivity index (χ0v) is 17.1. The third kappa shape index (κ3) is 4.32. The fraction of sp³-hybridized carbons (Fsp3) is 0.273. The first kappa shape index (κ1) is 19.6. The van der Waals surface area contributed by atoms with Crippen LogP contribution in [0.25, 0.3) is 0 Å². The van der Waals surface area contributed by atoms with Crippen molar-refractivity contribution in [1.29, 1.82) is 0 Å². The van der Waals surface area contributed by atoms with Gasteiger partial charge in [-0.2, -0.15) is 0 Å². The topological polar surface area (TPSA) is 83.5 Å². The van der Waals surface area contributed by atoms with Crippen molar-refractivity contribution < 1.29 is 9.53 Å². The fourth-order valence-corrected chi connectivity index (χ4v) is 3.43. The van der Waals surface area contributed by atoms with Crippen molar-refractivity contribution in [2.75, 3.05) is 43.5 Å². The Hall–Kier alpha value is -3.68. The number of piperazine rings is 1. The normalized spacial score (nSPS) is 13.8. The Morgan fingerprint density at radius 2 is 1.80 bits per heavy atom. The summed E-state index contributed by atoms with van der Waals surface area (Å²) in [5.74, 6) is 2.76. The Kier molecular flexibility index (Phi) is 5.74. The maximum absolute atomic E-state index is 12.9. The largest absolute Gasteiger partial charge is 0.496 e. The van der Waals surface area contributed by atoms with E-state index in [-0.39, 0.29) is 5.91 Å². The fourth-order valence-electron chi connectivity index (χ4n) is 3.43. The number of benzene rings is 1. The zero-order chi connectivity index (χ0) is 20.9. The lowest BCUT2D eigenvalue weighted by atomic mass is 10.1. The summed E-state index contributed by atoms with van der Waals surface area (Å²) in [7, 11) is 1.58. The van der Waals surface area contributed by atoms with Crippen molar-refractivity contribution in [3.63, 3.8) is 0 Å². The highest BCUT2D eigenvalue weighted by molar-refractivity contribution is 5.97. The van der Waals surface area contributed by atoms with E-state index in [1.54, 1.807) is 25.4 Å². The standard InChI is InChI=1S/C22H24N6O2/c1-16-9-10-23-20(15-16)24-19-7-8-21(26-25-19)27-11-13-28(14-12-27)22(29)17-5-3-4-6-18(17)30-2/h3-10,15H,11-14H2,1-2H3,(H,23,24,25). The van der Waals surface area contributed by atoms with Crippen LogP contribution in [0.4, 0.5) is 17.5 Å².